The molecule has 0 saturated carbocycles. The highest BCUT2D eigenvalue weighted by Crippen LogP contribution is 2.33. The van der Waals surface area contributed by atoms with Crippen LogP contribution in [0, 0.1) is 12.8 Å². The molecule has 2 aromatic carbocycles. The van der Waals surface area contributed by atoms with Crippen molar-refractivity contribution in [2.75, 3.05) is 13.1 Å². The van der Waals surface area contributed by atoms with Crippen LogP contribution in [0.4, 0.5) is 0 Å². The Labute approximate surface area is 225 Å². The fourth-order valence-electron chi connectivity index (χ4n) is 5.19. The fourth-order valence-corrected chi connectivity index (χ4v) is 5.19. The van der Waals surface area contributed by atoms with Gasteiger partial charge in [-0.25, -0.2) is 4.79 Å². The third kappa shape index (κ3) is 5.79. The van der Waals surface area contributed by atoms with Crippen molar-refractivity contribution in [3.05, 3.63) is 87.6 Å². The molecule has 10 heteroatoms. The summed E-state index contributed by atoms with van der Waals surface area (Å²) < 4.78 is 6.01. The minimum atomic E-state index is -0.635. The molecule has 5 rings (SSSR count). The molecule has 1 aliphatic heterocycles. The van der Waals surface area contributed by atoms with E-state index in [9.17, 15) is 19.5 Å². The van der Waals surface area contributed by atoms with Crippen LogP contribution in [-0.2, 0) is 11.4 Å². The third-order valence-electron chi connectivity index (χ3n) is 7.23. The maximum absolute atomic E-state index is 13.2. The number of nitrogens with zero attached hydrogens (tertiary/aromatic N) is 2. The molecule has 39 heavy (non-hydrogen) atoms. The molecular formula is C29H31N5O5. The van der Waals surface area contributed by atoms with E-state index in [1.807, 2.05) is 37.3 Å². The summed E-state index contributed by atoms with van der Waals surface area (Å²) >= 11 is 0. The maximum atomic E-state index is 13.2. The normalized spacial score (nSPS) is 14.8. The second-order valence-corrected chi connectivity index (χ2v) is 9.89. The van der Waals surface area contributed by atoms with Crippen molar-refractivity contribution in [3.63, 3.8) is 0 Å². The number of fused-ring (bicyclic) bond motifs is 1. The van der Waals surface area contributed by atoms with Crippen LogP contribution < -0.4 is 15.7 Å². The zero-order valence-corrected chi connectivity index (χ0v) is 21.9. The van der Waals surface area contributed by atoms with Gasteiger partial charge in [0.2, 0.25) is 11.8 Å². The van der Waals surface area contributed by atoms with E-state index >= 15 is 0 Å². The molecule has 0 bridgehead atoms. The quantitative estimate of drug-likeness (QED) is 0.289. The number of likely N-dealkylation sites (tertiary alicyclic amines) is 1. The lowest BCUT2D eigenvalue weighted by Crippen LogP contribution is -2.42. The Morgan fingerprint density at radius 1 is 1.13 bits per heavy atom. The lowest BCUT2D eigenvalue weighted by Gasteiger charge is -2.35. The Morgan fingerprint density at radius 2 is 1.85 bits per heavy atom. The summed E-state index contributed by atoms with van der Waals surface area (Å²) in [5.74, 6) is -0.116. The van der Waals surface area contributed by atoms with Gasteiger partial charge in [-0.05, 0) is 62.1 Å². The van der Waals surface area contributed by atoms with Crippen molar-refractivity contribution in [1.29, 1.82) is 0 Å². The largest absolute Gasteiger partial charge is 0.493 e. The number of carbonyl (C=O) groups is 2. The number of hydrogen-bond donors (Lipinski definition) is 4. The van der Waals surface area contributed by atoms with Gasteiger partial charge in [0.1, 0.15) is 18.1 Å². The molecule has 10 nitrogen and oxygen atoms in total. The van der Waals surface area contributed by atoms with Crippen LogP contribution in [0.2, 0.25) is 0 Å². The van der Waals surface area contributed by atoms with Gasteiger partial charge in [-0.3, -0.25) is 19.6 Å². The van der Waals surface area contributed by atoms with Crippen LogP contribution in [0.25, 0.3) is 10.9 Å². The molecule has 0 aliphatic carbocycles. The summed E-state index contributed by atoms with van der Waals surface area (Å²) in [6.45, 7) is 4.92. The van der Waals surface area contributed by atoms with E-state index in [0.29, 0.717) is 43.9 Å². The molecule has 1 atom stereocenters. The topological polar surface area (TPSA) is 140 Å². The molecule has 0 radical (unpaired) electrons. The Balaban J connectivity index is 1.28. The van der Waals surface area contributed by atoms with Gasteiger partial charge in [0, 0.05) is 42.2 Å². The Kier molecular flexibility index (Phi) is 7.36. The number of hydrogen-bond acceptors (Lipinski definition) is 6. The van der Waals surface area contributed by atoms with Crippen molar-refractivity contribution >= 4 is 22.7 Å². The van der Waals surface area contributed by atoms with Crippen molar-refractivity contribution in [2.24, 2.45) is 5.92 Å². The molecule has 4 N–H and O–H groups in total. The fraction of sp³-hybridized carbons (Fsp3) is 0.310. The van der Waals surface area contributed by atoms with Crippen LogP contribution in [0.3, 0.4) is 0 Å². The average molecular weight is 530 g/mol. The molecule has 2 amide bonds. The molecule has 1 fully saturated rings. The van der Waals surface area contributed by atoms with Crippen molar-refractivity contribution in [1.82, 2.24) is 25.2 Å². The first-order valence-corrected chi connectivity index (χ1v) is 12.9. The predicted molar refractivity (Wildman–Crippen MR) is 146 cm³/mol. The highest BCUT2D eigenvalue weighted by molar-refractivity contribution is 5.94. The van der Waals surface area contributed by atoms with E-state index < -0.39 is 11.7 Å². The number of para-hydroxylation sites is 1. The van der Waals surface area contributed by atoms with Gasteiger partial charge >= 0.3 is 5.69 Å². The number of rotatable bonds is 7. The van der Waals surface area contributed by atoms with Crippen LogP contribution in [0.5, 0.6) is 11.6 Å². The van der Waals surface area contributed by atoms with Gasteiger partial charge < -0.3 is 25.0 Å². The Morgan fingerprint density at radius 3 is 2.51 bits per heavy atom. The zero-order valence-electron chi connectivity index (χ0n) is 21.9. The number of aromatic amines is 2. The minimum Gasteiger partial charge on any atom is -0.493 e. The van der Waals surface area contributed by atoms with Crippen molar-refractivity contribution in [2.45, 2.75) is 39.3 Å². The highest BCUT2D eigenvalue weighted by Gasteiger charge is 2.33. The van der Waals surface area contributed by atoms with Gasteiger partial charge in [0.05, 0.1) is 11.6 Å². The van der Waals surface area contributed by atoms with Crippen molar-refractivity contribution in [3.8, 4) is 11.6 Å². The number of benzene rings is 2. The summed E-state index contributed by atoms with van der Waals surface area (Å²) in [6.07, 6.45) is 1.24. The van der Waals surface area contributed by atoms with Gasteiger partial charge in [-0.1, -0.05) is 18.2 Å². The molecule has 2 aromatic heterocycles. The van der Waals surface area contributed by atoms with E-state index in [-0.39, 0.29) is 29.3 Å². The second kappa shape index (κ2) is 11.0. The van der Waals surface area contributed by atoms with Gasteiger partial charge in [0.15, 0.2) is 0 Å². The van der Waals surface area contributed by atoms with E-state index in [4.69, 9.17) is 4.74 Å². The summed E-state index contributed by atoms with van der Waals surface area (Å²) in [5.41, 5.74) is 2.95. The molecule has 202 valence electrons. The SMILES string of the molecule is CC(=O)N1CCC(C(NC(=O)c2ccc(OCc3cc(C)nc4ccccc34)cc2)c2[nH]c(=O)[nH]c2O)CC1. The number of ether oxygens (including phenoxy) is 1. The van der Waals surface area contributed by atoms with Gasteiger partial charge in [0.25, 0.3) is 5.91 Å². The van der Waals surface area contributed by atoms with Crippen LogP contribution in [0.1, 0.15) is 53.1 Å². The number of carbonyl (C=O) groups excluding carboxylic acids is 2. The van der Waals surface area contributed by atoms with Gasteiger partial charge in [-0.15, -0.1) is 0 Å². The number of pyridine rings is 1. The lowest BCUT2D eigenvalue weighted by molar-refractivity contribution is -0.130. The molecule has 1 unspecified atom stereocenters. The molecular weight excluding hydrogens is 498 g/mol. The molecule has 1 aliphatic rings. The lowest BCUT2D eigenvalue weighted by atomic mass is 9.87. The van der Waals surface area contributed by atoms with Crippen LogP contribution in [-0.4, -0.2) is 49.9 Å². The first-order chi connectivity index (χ1) is 18.8. The van der Waals surface area contributed by atoms with Crippen molar-refractivity contribution < 1.29 is 19.4 Å². The van der Waals surface area contributed by atoms with Gasteiger partial charge in [-0.2, -0.15) is 0 Å². The average Bonchev–Trinajstić information content (AvgIpc) is 3.27. The molecule has 3 heterocycles. The standard InChI is InChI=1S/C29H31N5O5/c1-17-15-21(23-5-3-4-6-24(23)30-17)16-39-22-9-7-20(8-10-22)27(36)31-25(26-28(37)33-29(38)32-26)19-11-13-34(14-12-19)18(2)35/h3-10,15,19,25,37H,11-14,16H2,1-2H3,(H,31,36)(H2,32,33,38). The van der Waals surface area contributed by atoms with E-state index in [1.54, 1.807) is 29.2 Å². The number of piperidine rings is 1. The van der Waals surface area contributed by atoms with Crippen LogP contribution in [0.15, 0.2) is 59.4 Å². The highest BCUT2D eigenvalue weighted by atomic mass is 16.5. The number of aromatic nitrogens is 3. The Hall–Kier alpha value is -4.60. The first kappa shape index (κ1) is 26.0. The summed E-state index contributed by atoms with van der Waals surface area (Å²) in [5, 5.41) is 14.3. The monoisotopic (exact) mass is 529 g/mol. The van der Waals surface area contributed by atoms with E-state index in [2.05, 4.69) is 20.3 Å². The first-order valence-electron chi connectivity index (χ1n) is 12.9. The summed E-state index contributed by atoms with van der Waals surface area (Å²) in [6, 6.07) is 16.1. The molecule has 0 spiro atoms. The van der Waals surface area contributed by atoms with E-state index in [1.165, 1.54) is 6.92 Å². The number of nitrogens with one attached hydrogen (secondary N) is 3. The number of H-pyrrole nitrogens is 2. The summed E-state index contributed by atoms with van der Waals surface area (Å²) in [4.78, 5) is 48.1. The van der Waals surface area contributed by atoms with Crippen LogP contribution >= 0.6 is 0 Å². The smallest absolute Gasteiger partial charge is 0.326 e. The number of amides is 2. The number of aryl methyl sites for hydroxylation is 1. The predicted octanol–water partition coefficient (Wildman–Crippen LogP) is 3.57. The minimum absolute atomic E-state index is 0.00138. The van der Waals surface area contributed by atoms with E-state index in [0.717, 1.165) is 22.2 Å². The number of aromatic hydroxyl groups is 1. The Bertz CT molecular complexity index is 1550. The third-order valence-corrected chi connectivity index (χ3v) is 7.23. The zero-order chi connectivity index (χ0) is 27.5. The second-order valence-electron chi connectivity index (χ2n) is 9.89. The maximum Gasteiger partial charge on any atom is 0.326 e. The summed E-state index contributed by atoms with van der Waals surface area (Å²) in [7, 11) is 0. The number of imidazole rings is 1. The molecule has 1 saturated heterocycles. The molecule has 4 aromatic rings.